The van der Waals surface area contributed by atoms with E-state index in [1.165, 1.54) is 0 Å². The average Bonchev–Trinajstić information content (AvgIpc) is 2.36. The number of ether oxygens (including phenoxy) is 1. The predicted molar refractivity (Wildman–Crippen MR) is 77.5 cm³/mol. The number of hydrogen-bond donors (Lipinski definition) is 1. The first-order chi connectivity index (χ1) is 8.65. The number of benzene rings is 1. The van der Waals surface area contributed by atoms with Gasteiger partial charge in [0.15, 0.2) is 0 Å². The van der Waals surface area contributed by atoms with Crippen molar-refractivity contribution in [1.29, 1.82) is 0 Å². The normalized spacial score (nSPS) is 10.4. The summed E-state index contributed by atoms with van der Waals surface area (Å²) in [4.78, 5) is 11.9. The van der Waals surface area contributed by atoms with Gasteiger partial charge in [-0.1, -0.05) is 33.6 Å². The molecule has 0 fully saturated rings. The molecule has 1 aromatic carbocycles. The van der Waals surface area contributed by atoms with Gasteiger partial charge in [-0.15, -0.1) is 0 Å². The van der Waals surface area contributed by atoms with Crippen LogP contribution < -0.4 is 5.32 Å². The molecule has 0 bridgehead atoms. The Morgan fingerprint density at radius 3 is 2.83 bits per heavy atom. The Hall–Kier alpha value is -0.870. The van der Waals surface area contributed by atoms with Crippen LogP contribution in [-0.4, -0.2) is 31.0 Å². The van der Waals surface area contributed by atoms with Crippen LogP contribution in [0.3, 0.4) is 0 Å². The van der Waals surface area contributed by atoms with Crippen LogP contribution in [0.25, 0.3) is 0 Å². The van der Waals surface area contributed by atoms with E-state index in [0.717, 1.165) is 28.4 Å². The van der Waals surface area contributed by atoms with Crippen molar-refractivity contribution in [2.45, 2.75) is 20.3 Å². The number of halogens is 1. The molecule has 0 atom stereocenters. The number of hydrogen-bond acceptors (Lipinski definition) is 2. The third-order valence-electron chi connectivity index (χ3n) is 2.61. The molecule has 1 N–H and O–H groups in total. The quantitative estimate of drug-likeness (QED) is 0.621. The van der Waals surface area contributed by atoms with Gasteiger partial charge < -0.3 is 10.1 Å². The minimum absolute atomic E-state index is 0.00306. The minimum Gasteiger partial charge on any atom is -0.381 e. The molecule has 0 spiro atoms. The van der Waals surface area contributed by atoms with Gasteiger partial charge in [0.2, 0.25) is 0 Å². The molecule has 0 radical (unpaired) electrons. The largest absolute Gasteiger partial charge is 0.381 e. The maximum atomic E-state index is 11.9. The Morgan fingerprint density at radius 2 is 2.11 bits per heavy atom. The molecule has 0 aliphatic heterocycles. The monoisotopic (exact) mass is 313 g/mol. The highest BCUT2D eigenvalue weighted by atomic mass is 79.9. The van der Waals surface area contributed by atoms with Crippen LogP contribution in [0.15, 0.2) is 18.2 Å². The Balaban J connectivity index is 2.34. The van der Waals surface area contributed by atoms with Crippen molar-refractivity contribution in [2.24, 2.45) is 0 Å². The third-order valence-corrected chi connectivity index (χ3v) is 2.93. The van der Waals surface area contributed by atoms with Crippen molar-refractivity contribution in [3.63, 3.8) is 0 Å². The molecule has 18 heavy (non-hydrogen) atoms. The molecule has 0 aromatic heterocycles. The smallest absolute Gasteiger partial charge is 0.251 e. The van der Waals surface area contributed by atoms with Gasteiger partial charge in [0, 0.05) is 24.0 Å². The zero-order chi connectivity index (χ0) is 13.4. The predicted octanol–water partition coefficient (Wildman–Crippen LogP) is 2.83. The molecular formula is C14H20BrNO2. The summed E-state index contributed by atoms with van der Waals surface area (Å²) in [5.74, 6) is -0.00306. The second kappa shape index (κ2) is 8.27. The first-order valence-corrected chi connectivity index (χ1v) is 7.26. The number of rotatable bonds is 7. The third kappa shape index (κ3) is 5.19. The molecular weight excluding hydrogens is 294 g/mol. The lowest BCUT2D eigenvalue weighted by molar-refractivity contribution is 0.0944. The first kappa shape index (κ1) is 15.2. The van der Waals surface area contributed by atoms with Crippen molar-refractivity contribution in [1.82, 2.24) is 5.32 Å². The summed E-state index contributed by atoms with van der Waals surface area (Å²) < 4.78 is 5.31. The summed E-state index contributed by atoms with van der Waals surface area (Å²) in [5, 5.41) is 3.76. The molecule has 0 saturated carbocycles. The molecule has 4 heteroatoms. The lowest BCUT2D eigenvalue weighted by atomic mass is 10.1. The molecule has 1 amide bonds. The second-order valence-electron chi connectivity index (χ2n) is 4.23. The van der Waals surface area contributed by atoms with E-state index in [1.807, 2.05) is 32.0 Å². The highest BCUT2D eigenvalue weighted by Crippen LogP contribution is 2.10. The number of alkyl halides is 1. The van der Waals surface area contributed by atoms with Crippen LogP contribution in [0.5, 0.6) is 0 Å². The van der Waals surface area contributed by atoms with Crippen LogP contribution in [0.1, 0.15) is 27.9 Å². The van der Waals surface area contributed by atoms with Crippen molar-refractivity contribution in [3.8, 4) is 0 Å². The molecule has 1 aromatic rings. The van der Waals surface area contributed by atoms with Crippen LogP contribution in [-0.2, 0) is 4.74 Å². The summed E-state index contributed by atoms with van der Waals surface area (Å²) >= 11 is 3.29. The molecule has 3 nitrogen and oxygen atoms in total. The number of carbonyl (C=O) groups is 1. The number of nitrogens with one attached hydrogen (secondary N) is 1. The van der Waals surface area contributed by atoms with E-state index >= 15 is 0 Å². The Bertz CT molecular complexity index is 393. The van der Waals surface area contributed by atoms with Gasteiger partial charge >= 0.3 is 0 Å². The highest BCUT2D eigenvalue weighted by molar-refractivity contribution is 9.09. The zero-order valence-corrected chi connectivity index (χ0v) is 12.5. The Labute approximate surface area is 117 Å². The summed E-state index contributed by atoms with van der Waals surface area (Å²) in [6.45, 7) is 5.98. The fourth-order valence-corrected chi connectivity index (χ4v) is 1.84. The zero-order valence-electron chi connectivity index (χ0n) is 11.0. The van der Waals surface area contributed by atoms with Crippen LogP contribution in [0.2, 0.25) is 0 Å². The molecule has 0 aliphatic rings. The van der Waals surface area contributed by atoms with Gasteiger partial charge in [-0.2, -0.15) is 0 Å². The number of amides is 1. The van der Waals surface area contributed by atoms with Gasteiger partial charge in [0.05, 0.1) is 6.61 Å². The molecule has 0 aliphatic carbocycles. The Kier molecular flexibility index (Phi) is 6.98. The van der Waals surface area contributed by atoms with E-state index in [-0.39, 0.29) is 5.91 Å². The van der Waals surface area contributed by atoms with Gasteiger partial charge in [0.25, 0.3) is 5.91 Å². The van der Waals surface area contributed by atoms with Gasteiger partial charge in [0.1, 0.15) is 0 Å². The SMILES string of the molecule is Cc1ccc(C)c(C(=O)NCCCOCCBr)c1. The fraction of sp³-hybridized carbons (Fsp3) is 0.500. The van der Waals surface area contributed by atoms with E-state index in [1.54, 1.807) is 0 Å². The fourth-order valence-electron chi connectivity index (χ4n) is 1.61. The van der Waals surface area contributed by atoms with Crippen molar-refractivity contribution in [2.75, 3.05) is 25.1 Å². The van der Waals surface area contributed by atoms with E-state index in [9.17, 15) is 4.79 Å². The van der Waals surface area contributed by atoms with Crippen LogP contribution in [0.4, 0.5) is 0 Å². The topological polar surface area (TPSA) is 38.3 Å². The molecule has 0 heterocycles. The lowest BCUT2D eigenvalue weighted by Crippen LogP contribution is -2.26. The van der Waals surface area contributed by atoms with E-state index < -0.39 is 0 Å². The molecule has 1 rings (SSSR count). The summed E-state index contributed by atoms with van der Waals surface area (Å²) in [6, 6.07) is 5.91. The standard InChI is InChI=1S/C14H20BrNO2/c1-11-4-5-12(2)13(10-11)14(17)16-7-3-8-18-9-6-15/h4-5,10H,3,6-9H2,1-2H3,(H,16,17). The summed E-state index contributed by atoms with van der Waals surface area (Å²) in [6.07, 6.45) is 0.837. The van der Waals surface area contributed by atoms with Crippen LogP contribution >= 0.6 is 15.9 Å². The lowest BCUT2D eigenvalue weighted by Gasteiger charge is -2.08. The van der Waals surface area contributed by atoms with Gasteiger partial charge in [-0.3, -0.25) is 4.79 Å². The Morgan fingerprint density at radius 1 is 1.33 bits per heavy atom. The van der Waals surface area contributed by atoms with Crippen molar-refractivity contribution in [3.05, 3.63) is 34.9 Å². The van der Waals surface area contributed by atoms with E-state index in [0.29, 0.717) is 19.8 Å². The maximum absolute atomic E-state index is 11.9. The molecule has 100 valence electrons. The maximum Gasteiger partial charge on any atom is 0.251 e. The summed E-state index contributed by atoms with van der Waals surface area (Å²) in [7, 11) is 0. The minimum atomic E-state index is -0.00306. The molecule has 0 saturated heterocycles. The molecule has 0 unspecified atom stereocenters. The average molecular weight is 314 g/mol. The first-order valence-electron chi connectivity index (χ1n) is 6.14. The highest BCUT2D eigenvalue weighted by Gasteiger charge is 2.07. The second-order valence-corrected chi connectivity index (χ2v) is 5.02. The van der Waals surface area contributed by atoms with Crippen LogP contribution in [0, 0.1) is 13.8 Å². The van der Waals surface area contributed by atoms with Gasteiger partial charge in [-0.05, 0) is 31.9 Å². The van der Waals surface area contributed by atoms with Crippen molar-refractivity contribution >= 4 is 21.8 Å². The summed E-state index contributed by atoms with van der Waals surface area (Å²) in [5.41, 5.74) is 2.87. The van der Waals surface area contributed by atoms with E-state index in [2.05, 4.69) is 21.2 Å². The van der Waals surface area contributed by atoms with Gasteiger partial charge in [-0.25, -0.2) is 0 Å². The number of carbonyl (C=O) groups excluding carboxylic acids is 1. The van der Waals surface area contributed by atoms with Crippen molar-refractivity contribution < 1.29 is 9.53 Å². The van der Waals surface area contributed by atoms with E-state index in [4.69, 9.17) is 4.74 Å². The number of aryl methyl sites for hydroxylation is 2.